The lowest BCUT2D eigenvalue weighted by atomic mass is 10.3. The minimum Gasteiger partial charge on any atom is -0.457 e. The molecule has 6 nitrogen and oxygen atoms in total. The average molecular weight is 469 g/mol. The zero-order valence-corrected chi connectivity index (χ0v) is 20.7. The third-order valence-electron chi connectivity index (χ3n) is 4.66. The highest BCUT2D eigenvalue weighted by Crippen LogP contribution is 2.14. The molecule has 0 aliphatic carbocycles. The van der Waals surface area contributed by atoms with Crippen LogP contribution in [-0.2, 0) is 27.9 Å². The fraction of sp³-hybridized carbons (Fsp3) is 0.308. The molecule has 7 heteroatoms. The van der Waals surface area contributed by atoms with Crippen LogP contribution in [0, 0.1) is 0 Å². The second-order valence-corrected chi connectivity index (χ2v) is 10.9. The predicted molar refractivity (Wildman–Crippen MR) is 131 cm³/mol. The highest BCUT2D eigenvalue weighted by molar-refractivity contribution is 6.92. The molecule has 176 valence electrons. The van der Waals surface area contributed by atoms with E-state index in [4.69, 9.17) is 18.3 Å². The third kappa shape index (κ3) is 7.52. The van der Waals surface area contributed by atoms with Gasteiger partial charge in [0.05, 0.1) is 13.2 Å². The number of carbonyl (C=O) groups excluding carboxylic acids is 2. The lowest BCUT2D eigenvalue weighted by Crippen LogP contribution is -2.64. The van der Waals surface area contributed by atoms with Crippen LogP contribution in [-0.4, -0.2) is 45.9 Å². The zero-order valence-electron chi connectivity index (χ0n) is 19.7. The van der Waals surface area contributed by atoms with Crippen molar-refractivity contribution in [2.75, 3.05) is 13.2 Å². The molecule has 2 atom stereocenters. The van der Waals surface area contributed by atoms with Crippen molar-refractivity contribution < 1.29 is 27.9 Å². The summed E-state index contributed by atoms with van der Waals surface area (Å²) in [5.41, 5.74) is 0.641. The van der Waals surface area contributed by atoms with Gasteiger partial charge in [0, 0.05) is 11.1 Å². The second-order valence-electron chi connectivity index (χ2n) is 7.96. The molecule has 2 rings (SSSR count). The predicted octanol–water partition coefficient (Wildman–Crippen LogP) is 3.29. The Bertz CT molecular complexity index is 878. The molecule has 33 heavy (non-hydrogen) atoms. The van der Waals surface area contributed by atoms with Crippen LogP contribution in [0.25, 0.3) is 0 Å². The Morgan fingerprint density at radius 3 is 1.36 bits per heavy atom. The molecule has 0 saturated carbocycles. The lowest BCUT2D eigenvalue weighted by molar-refractivity contribution is -0.145. The fourth-order valence-corrected chi connectivity index (χ4v) is 6.25. The van der Waals surface area contributed by atoms with Gasteiger partial charge in [0.2, 0.25) is 0 Å². The van der Waals surface area contributed by atoms with Crippen molar-refractivity contribution >= 4 is 30.9 Å². The molecule has 0 aliphatic rings. The highest BCUT2D eigenvalue weighted by atomic mass is 28.4. The molecule has 2 aromatic carbocycles. The number of carbonyl (C=O) groups is 2. The number of ether oxygens (including phenoxy) is 2. The van der Waals surface area contributed by atoms with E-state index in [-0.39, 0.29) is 13.2 Å². The van der Waals surface area contributed by atoms with E-state index in [1.807, 2.05) is 60.7 Å². The molecule has 0 aliphatic heterocycles. The van der Waals surface area contributed by atoms with Gasteiger partial charge in [-0.25, -0.2) is 9.59 Å². The van der Waals surface area contributed by atoms with Crippen LogP contribution < -0.4 is 10.4 Å². The average Bonchev–Trinajstić information content (AvgIpc) is 2.80. The van der Waals surface area contributed by atoms with Gasteiger partial charge in [-0.15, -0.1) is 0 Å². The van der Waals surface area contributed by atoms with Gasteiger partial charge in [0.1, 0.15) is 12.2 Å². The first kappa shape index (κ1) is 26.3. The van der Waals surface area contributed by atoms with E-state index in [0.717, 1.165) is 10.4 Å². The number of esters is 2. The van der Waals surface area contributed by atoms with Gasteiger partial charge < -0.3 is 18.3 Å². The zero-order chi connectivity index (χ0) is 24.4. The van der Waals surface area contributed by atoms with Crippen molar-refractivity contribution in [3.05, 3.63) is 85.0 Å². The van der Waals surface area contributed by atoms with E-state index < -0.39 is 32.7 Å². The molecule has 0 N–H and O–H groups in total. The van der Waals surface area contributed by atoms with E-state index in [1.54, 1.807) is 27.7 Å². The monoisotopic (exact) mass is 468 g/mol. The third-order valence-corrected chi connectivity index (χ3v) is 8.00. The number of benzene rings is 2. The van der Waals surface area contributed by atoms with Crippen LogP contribution in [0.15, 0.2) is 85.0 Å². The maximum absolute atomic E-state index is 11.9. The van der Waals surface area contributed by atoms with Crippen LogP contribution >= 0.6 is 0 Å². The van der Waals surface area contributed by atoms with E-state index in [1.165, 1.54) is 0 Å². The Morgan fingerprint density at radius 1 is 0.727 bits per heavy atom. The Kier molecular flexibility index (Phi) is 9.78. The largest absolute Gasteiger partial charge is 0.457 e. The normalized spacial score (nSPS) is 13.0. The Labute approximate surface area is 197 Å². The minimum absolute atomic E-state index is 0.120. The summed E-state index contributed by atoms with van der Waals surface area (Å²) >= 11 is 0. The standard InChI is InChI=1S/C26H32O6Si/c1-19(2)25(27)31-21(5)17-29-33(23-13-9-7-10-14-23,24-15-11-8-12-16-24)30-18-22(6)32-26(28)20(3)4/h7-16,21-22H,1,3,17-18H2,2,4-6H3. The van der Waals surface area contributed by atoms with Gasteiger partial charge in [-0.2, -0.15) is 0 Å². The maximum Gasteiger partial charge on any atom is 0.407 e. The smallest absolute Gasteiger partial charge is 0.407 e. The summed E-state index contributed by atoms with van der Waals surface area (Å²) in [7, 11) is -3.26. The minimum atomic E-state index is -3.26. The first-order valence-corrected chi connectivity index (χ1v) is 12.6. The molecule has 0 radical (unpaired) electrons. The first-order valence-electron chi connectivity index (χ1n) is 10.8. The lowest BCUT2D eigenvalue weighted by Gasteiger charge is -2.33. The van der Waals surface area contributed by atoms with Crippen LogP contribution in [0.3, 0.4) is 0 Å². The molecule has 0 fully saturated rings. The summed E-state index contributed by atoms with van der Waals surface area (Å²) in [4.78, 5) is 23.9. The van der Waals surface area contributed by atoms with E-state index >= 15 is 0 Å². The Hall–Kier alpha value is -3.00. The van der Waals surface area contributed by atoms with Gasteiger partial charge in [0.25, 0.3) is 0 Å². The summed E-state index contributed by atoms with van der Waals surface area (Å²) in [5, 5.41) is 1.76. The molecular formula is C26H32O6Si. The number of rotatable bonds is 12. The molecular weight excluding hydrogens is 436 g/mol. The highest BCUT2D eigenvalue weighted by Gasteiger charge is 2.44. The van der Waals surface area contributed by atoms with E-state index in [0.29, 0.717) is 11.1 Å². The second kappa shape index (κ2) is 12.3. The molecule has 0 spiro atoms. The molecule has 0 saturated heterocycles. The summed E-state index contributed by atoms with van der Waals surface area (Å²) in [6.45, 7) is 14.2. The number of hydrogen-bond donors (Lipinski definition) is 0. The SMILES string of the molecule is C=C(C)C(=O)OC(C)CO[Si](OCC(C)OC(=O)C(=C)C)(c1ccccc1)c1ccccc1. The van der Waals surface area contributed by atoms with E-state index in [9.17, 15) is 9.59 Å². The molecule has 0 aromatic heterocycles. The summed E-state index contributed by atoms with van der Waals surface area (Å²) in [5.74, 6) is -0.946. The van der Waals surface area contributed by atoms with Crippen molar-refractivity contribution in [3.8, 4) is 0 Å². The van der Waals surface area contributed by atoms with Crippen LogP contribution in [0.2, 0.25) is 0 Å². The maximum atomic E-state index is 11.9. The number of hydrogen-bond acceptors (Lipinski definition) is 6. The topological polar surface area (TPSA) is 71.1 Å². The van der Waals surface area contributed by atoms with Gasteiger partial charge in [0.15, 0.2) is 0 Å². The molecule has 2 aromatic rings. The molecule has 0 bridgehead atoms. The van der Waals surface area contributed by atoms with Gasteiger partial charge in [-0.05, 0) is 38.1 Å². The molecule has 0 amide bonds. The van der Waals surface area contributed by atoms with Crippen molar-refractivity contribution in [3.63, 3.8) is 0 Å². The van der Waals surface area contributed by atoms with Crippen LogP contribution in [0.4, 0.5) is 0 Å². The van der Waals surface area contributed by atoms with Crippen LogP contribution in [0.5, 0.6) is 0 Å². The molecule has 2 unspecified atom stereocenters. The van der Waals surface area contributed by atoms with Crippen molar-refractivity contribution in [1.82, 2.24) is 0 Å². The van der Waals surface area contributed by atoms with E-state index in [2.05, 4.69) is 13.2 Å². The van der Waals surface area contributed by atoms with Gasteiger partial charge in [-0.3, -0.25) is 0 Å². The van der Waals surface area contributed by atoms with Gasteiger partial charge in [-0.1, -0.05) is 73.8 Å². The quantitative estimate of drug-likeness (QED) is 0.270. The summed E-state index contributed by atoms with van der Waals surface area (Å²) < 4.78 is 23.8. The fourth-order valence-electron chi connectivity index (χ4n) is 2.96. The molecule has 0 heterocycles. The van der Waals surface area contributed by atoms with Crippen molar-refractivity contribution in [2.45, 2.75) is 39.9 Å². The summed E-state index contributed by atoms with van der Waals surface area (Å²) in [6.07, 6.45) is -1.04. The Balaban J connectivity index is 2.35. The first-order chi connectivity index (χ1) is 15.7. The van der Waals surface area contributed by atoms with Crippen molar-refractivity contribution in [2.24, 2.45) is 0 Å². The van der Waals surface area contributed by atoms with Crippen molar-refractivity contribution in [1.29, 1.82) is 0 Å². The summed E-state index contributed by atoms with van der Waals surface area (Å²) in [6, 6.07) is 19.3. The van der Waals surface area contributed by atoms with Crippen LogP contribution in [0.1, 0.15) is 27.7 Å². The Morgan fingerprint density at radius 2 is 1.06 bits per heavy atom. The van der Waals surface area contributed by atoms with Gasteiger partial charge >= 0.3 is 20.5 Å².